The SMILES string of the molecule is COCCOc1ccc(NC(=O)c2cn(-c3ccccc3)nc2-c2cccs2)cc1. The van der Waals surface area contributed by atoms with Crippen LogP contribution < -0.4 is 10.1 Å². The number of rotatable bonds is 8. The van der Waals surface area contributed by atoms with Crippen LogP contribution in [0.25, 0.3) is 16.3 Å². The van der Waals surface area contributed by atoms with E-state index < -0.39 is 0 Å². The second kappa shape index (κ2) is 9.39. The van der Waals surface area contributed by atoms with Crippen LogP contribution in [0.4, 0.5) is 5.69 Å². The Bertz CT molecular complexity index is 1090. The van der Waals surface area contributed by atoms with Crippen molar-refractivity contribution in [2.45, 2.75) is 0 Å². The van der Waals surface area contributed by atoms with E-state index in [1.54, 1.807) is 29.3 Å². The predicted molar refractivity (Wildman–Crippen MR) is 119 cm³/mol. The molecular weight excluding hydrogens is 398 g/mol. The van der Waals surface area contributed by atoms with Crippen LogP contribution in [0.3, 0.4) is 0 Å². The summed E-state index contributed by atoms with van der Waals surface area (Å²) in [6.07, 6.45) is 1.77. The topological polar surface area (TPSA) is 65.4 Å². The van der Waals surface area contributed by atoms with Crippen molar-refractivity contribution in [2.24, 2.45) is 0 Å². The minimum atomic E-state index is -0.214. The standard InChI is InChI=1S/C23H21N3O3S/c1-28-13-14-29-19-11-9-17(10-12-19)24-23(27)20-16-26(18-6-3-2-4-7-18)25-22(20)21-8-5-15-30-21/h2-12,15-16H,13-14H2,1H3,(H,24,27). The third-order valence-corrected chi connectivity index (χ3v) is 5.28. The van der Waals surface area contributed by atoms with E-state index in [0.29, 0.717) is 30.2 Å². The smallest absolute Gasteiger partial charge is 0.259 e. The number of nitrogens with one attached hydrogen (secondary N) is 1. The van der Waals surface area contributed by atoms with Crippen molar-refractivity contribution in [1.82, 2.24) is 9.78 Å². The number of anilines is 1. The van der Waals surface area contributed by atoms with Crippen molar-refractivity contribution in [3.8, 4) is 22.0 Å². The Balaban J connectivity index is 1.56. The number of nitrogens with zero attached hydrogens (tertiary/aromatic N) is 2. The van der Waals surface area contributed by atoms with E-state index in [0.717, 1.165) is 16.3 Å². The van der Waals surface area contributed by atoms with Crippen LogP contribution >= 0.6 is 11.3 Å². The summed E-state index contributed by atoms with van der Waals surface area (Å²) >= 11 is 1.55. The molecule has 0 spiro atoms. The maximum atomic E-state index is 13.1. The summed E-state index contributed by atoms with van der Waals surface area (Å²) in [4.78, 5) is 14.0. The van der Waals surface area contributed by atoms with E-state index in [1.807, 2.05) is 72.1 Å². The number of carbonyl (C=O) groups excluding carboxylic acids is 1. The highest BCUT2D eigenvalue weighted by atomic mass is 32.1. The lowest BCUT2D eigenvalue weighted by molar-refractivity contribution is 0.102. The van der Waals surface area contributed by atoms with E-state index in [-0.39, 0.29) is 5.91 Å². The average Bonchev–Trinajstić information content (AvgIpc) is 3.46. The summed E-state index contributed by atoms with van der Waals surface area (Å²) in [6, 6.07) is 20.9. The molecule has 0 unspecified atom stereocenters. The number of aromatic nitrogens is 2. The molecule has 0 radical (unpaired) electrons. The Morgan fingerprint density at radius 3 is 2.53 bits per heavy atom. The Morgan fingerprint density at radius 2 is 1.83 bits per heavy atom. The number of methoxy groups -OCH3 is 1. The van der Waals surface area contributed by atoms with Crippen molar-refractivity contribution in [3.63, 3.8) is 0 Å². The molecule has 0 atom stereocenters. The summed E-state index contributed by atoms with van der Waals surface area (Å²) < 4.78 is 12.3. The Kier molecular flexibility index (Phi) is 6.22. The summed E-state index contributed by atoms with van der Waals surface area (Å²) in [5.74, 6) is 0.509. The van der Waals surface area contributed by atoms with Crippen LogP contribution in [0.2, 0.25) is 0 Å². The van der Waals surface area contributed by atoms with Crippen LogP contribution in [0.5, 0.6) is 5.75 Å². The van der Waals surface area contributed by atoms with Gasteiger partial charge in [0, 0.05) is 19.0 Å². The van der Waals surface area contributed by atoms with E-state index >= 15 is 0 Å². The van der Waals surface area contributed by atoms with Gasteiger partial charge >= 0.3 is 0 Å². The fourth-order valence-corrected chi connectivity index (χ4v) is 3.65. The van der Waals surface area contributed by atoms with Crippen molar-refractivity contribution in [2.75, 3.05) is 25.6 Å². The largest absolute Gasteiger partial charge is 0.491 e. The zero-order valence-corrected chi connectivity index (χ0v) is 17.3. The van der Waals surface area contributed by atoms with Gasteiger partial charge in [0.05, 0.1) is 22.7 Å². The van der Waals surface area contributed by atoms with Crippen molar-refractivity contribution in [3.05, 3.63) is 83.9 Å². The van der Waals surface area contributed by atoms with Crippen LogP contribution in [-0.4, -0.2) is 36.0 Å². The second-order valence-corrected chi connectivity index (χ2v) is 7.42. The zero-order valence-electron chi connectivity index (χ0n) is 16.4. The molecule has 1 amide bonds. The van der Waals surface area contributed by atoms with Crippen LogP contribution in [-0.2, 0) is 4.74 Å². The number of carbonyl (C=O) groups is 1. The van der Waals surface area contributed by atoms with E-state index in [4.69, 9.17) is 9.47 Å². The first kappa shape index (κ1) is 19.9. The van der Waals surface area contributed by atoms with Gasteiger partial charge in [0.2, 0.25) is 0 Å². The van der Waals surface area contributed by atoms with Crippen molar-refractivity contribution in [1.29, 1.82) is 0 Å². The van der Waals surface area contributed by atoms with Gasteiger partial charge in [0.15, 0.2) is 0 Å². The summed E-state index contributed by atoms with van der Waals surface area (Å²) in [5, 5.41) is 9.60. The quantitative estimate of drug-likeness (QED) is 0.414. The lowest BCUT2D eigenvalue weighted by Gasteiger charge is -2.08. The molecule has 0 aliphatic heterocycles. The molecular formula is C23H21N3O3S. The Hall–Kier alpha value is -3.42. The number of hydrogen-bond acceptors (Lipinski definition) is 5. The molecule has 4 rings (SSSR count). The molecule has 2 aromatic heterocycles. The van der Waals surface area contributed by atoms with Gasteiger partial charge in [-0.15, -0.1) is 11.3 Å². The molecule has 2 heterocycles. The normalized spacial score (nSPS) is 10.7. The van der Waals surface area contributed by atoms with E-state index in [1.165, 1.54) is 0 Å². The van der Waals surface area contributed by atoms with E-state index in [2.05, 4.69) is 10.4 Å². The molecule has 0 aliphatic rings. The molecule has 0 bridgehead atoms. The monoisotopic (exact) mass is 419 g/mol. The van der Waals surface area contributed by atoms with Crippen LogP contribution in [0, 0.1) is 0 Å². The highest BCUT2D eigenvalue weighted by Gasteiger charge is 2.19. The molecule has 1 N–H and O–H groups in total. The number of hydrogen-bond donors (Lipinski definition) is 1. The third kappa shape index (κ3) is 4.59. The molecule has 30 heavy (non-hydrogen) atoms. The first-order valence-electron chi connectivity index (χ1n) is 9.47. The fraction of sp³-hybridized carbons (Fsp3) is 0.130. The van der Waals surface area contributed by atoms with Gasteiger partial charge in [-0.3, -0.25) is 4.79 Å². The fourth-order valence-electron chi connectivity index (χ4n) is 2.92. The Labute approximate surface area is 178 Å². The van der Waals surface area contributed by atoms with Gasteiger partial charge in [0.1, 0.15) is 18.1 Å². The lowest BCUT2D eigenvalue weighted by Crippen LogP contribution is -2.12. The maximum Gasteiger partial charge on any atom is 0.259 e. The molecule has 152 valence electrons. The first-order chi connectivity index (χ1) is 14.7. The highest BCUT2D eigenvalue weighted by molar-refractivity contribution is 7.13. The predicted octanol–water partition coefficient (Wildman–Crippen LogP) is 4.88. The third-order valence-electron chi connectivity index (χ3n) is 4.40. The Morgan fingerprint density at radius 1 is 1.03 bits per heavy atom. The molecule has 0 saturated carbocycles. The number of ether oxygens (including phenoxy) is 2. The molecule has 6 nitrogen and oxygen atoms in total. The van der Waals surface area contributed by atoms with Gasteiger partial charge in [0.25, 0.3) is 5.91 Å². The van der Waals surface area contributed by atoms with Crippen molar-refractivity contribution < 1.29 is 14.3 Å². The summed E-state index contributed by atoms with van der Waals surface area (Å²) in [6.45, 7) is 1.00. The number of benzene rings is 2. The number of thiophene rings is 1. The van der Waals surface area contributed by atoms with Crippen LogP contribution in [0.1, 0.15) is 10.4 Å². The lowest BCUT2D eigenvalue weighted by atomic mass is 10.2. The molecule has 7 heteroatoms. The molecule has 2 aromatic carbocycles. The van der Waals surface area contributed by atoms with Gasteiger partial charge in [-0.1, -0.05) is 24.3 Å². The number of para-hydroxylation sites is 1. The maximum absolute atomic E-state index is 13.1. The highest BCUT2D eigenvalue weighted by Crippen LogP contribution is 2.28. The molecule has 0 fully saturated rings. The van der Waals surface area contributed by atoms with Gasteiger partial charge < -0.3 is 14.8 Å². The molecule has 0 saturated heterocycles. The van der Waals surface area contributed by atoms with Crippen molar-refractivity contribution >= 4 is 22.9 Å². The number of amides is 1. The first-order valence-corrected chi connectivity index (χ1v) is 10.3. The van der Waals surface area contributed by atoms with Crippen LogP contribution in [0.15, 0.2) is 78.3 Å². The second-order valence-electron chi connectivity index (χ2n) is 6.47. The van der Waals surface area contributed by atoms with Gasteiger partial charge in [-0.25, -0.2) is 4.68 Å². The summed E-state index contributed by atoms with van der Waals surface area (Å²) in [7, 11) is 1.63. The van der Waals surface area contributed by atoms with E-state index in [9.17, 15) is 4.79 Å². The summed E-state index contributed by atoms with van der Waals surface area (Å²) in [5.41, 5.74) is 2.75. The van der Waals surface area contributed by atoms with Gasteiger partial charge in [-0.05, 0) is 47.8 Å². The van der Waals surface area contributed by atoms with Gasteiger partial charge in [-0.2, -0.15) is 5.10 Å². The minimum Gasteiger partial charge on any atom is -0.491 e. The minimum absolute atomic E-state index is 0.214. The molecule has 0 aliphatic carbocycles. The zero-order chi connectivity index (χ0) is 20.8. The molecule has 4 aromatic rings. The average molecular weight is 420 g/mol.